The number of hydrogen-bond donors (Lipinski definition) is 0. The molecule has 0 bridgehead atoms. The predicted octanol–water partition coefficient (Wildman–Crippen LogP) is 7.52. The second-order valence-corrected chi connectivity index (χ2v) is 10.2. The molecule has 0 aliphatic heterocycles. The Morgan fingerprint density at radius 3 is 1.78 bits per heavy atom. The van der Waals surface area contributed by atoms with E-state index in [9.17, 15) is 4.79 Å². The van der Waals surface area contributed by atoms with Crippen LogP contribution in [0.1, 0.15) is 54.9 Å². The lowest BCUT2D eigenvalue weighted by molar-refractivity contribution is 0.0472. The summed E-state index contributed by atoms with van der Waals surface area (Å²) in [6.45, 7) is 11.3. The van der Waals surface area contributed by atoms with Crippen LogP contribution in [-0.2, 0) is 30.9 Å². The molecule has 0 aliphatic carbocycles. The number of aryl methyl sites for hydroxylation is 4. The summed E-state index contributed by atoms with van der Waals surface area (Å²) in [6, 6.07) is 31.7. The first-order valence-corrected chi connectivity index (χ1v) is 13.0. The van der Waals surface area contributed by atoms with E-state index < -0.39 is 0 Å². The quantitative estimate of drug-likeness (QED) is 0.215. The molecule has 0 unspecified atom stereocenters. The Bertz CT molecular complexity index is 1290. The molecule has 0 N–H and O–H groups in total. The number of nitrogens with zero attached hydrogens (tertiary/aromatic N) is 1. The lowest BCUT2D eigenvalue weighted by Gasteiger charge is -2.23. The monoisotopic (exact) mass is 491 g/mol. The van der Waals surface area contributed by atoms with Crippen molar-refractivity contribution in [3.05, 3.63) is 141 Å². The topological polar surface area (TPSA) is 29.5 Å². The number of esters is 1. The summed E-state index contributed by atoms with van der Waals surface area (Å²) < 4.78 is 5.58. The zero-order valence-corrected chi connectivity index (χ0v) is 22.5. The Kier molecular flexibility index (Phi) is 8.92. The van der Waals surface area contributed by atoms with Crippen molar-refractivity contribution in [2.24, 2.45) is 0 Å². The molecule has 37 heavy (non-hydrogen) atoms. The van der Waals surface area contributed by atoms with Crippen molar-refractivity contribution in [2.75, 3.05) is 6.54 Å². The number of benzene rings is 4. The largest absolute Gasteiger partial charge is 0.457 e. The van der Waals surface area contributed by atoms with Gasteiger partial charge in [-0.1, -0.05) is 101 Å². The molecular weight excluding hydrogens is 454 g/mol. The van der Waals surface area contributed by atoms with E-state index in [0.29, 0.717) is 5.56 Å². The van der Waals surface area contributed by atoms with Gasteiger partial charge in [0.05, 0.1) is 5.56 Å². The second-order valence-electron chi connectivity index (χ2n) is 10.2. The second kappa shape index (κ2) is 12.5. The molecule has 0 saturated carbocycles. The van der Waals surface area contributed by atoms with Crippen LogP contribution in [0.2, 0.25) is 0 Å². The van der Waals surface area contributed by atoms with Crippen LogP contribution in [0.4, 0.5) is 0 Å². The average Bonchev–Trinajstić information content (AvgIpc) is 2.86. The van der Waals surface area contributed by atoms with E-state index in [0.717, 1.165) is 42.7 Å². The van der Waals surface area contributed by atoms with Gasteiger partial charge < -0.3 is 4.74 Å². The third-order valence-electron chi connectivity index (χ3n) is 6.50. The van der Waals surface area contributed by atoms with Crippen LogP contribution in [0, 0.1) is 27.7 Å². The molecule has 4 rings (SSSR count). The van der Waals surface area contributed by atoms with Gasteiger partial charge in [0.25, 0.3) is 0 Å². The molecule has 0 spiro atoms. The minimum atomic E-state index is -0.281. The normalized spacial score (nSPS) is 11.1. The van der Waals surface area contributed by atoms with Crippen LogP contribution in [0.3, 0.4) is 0 Å². The fourth-order valence-corrected chi connectivity index (χ4v) is 4.89. The average molecular weight is 492 g/mol. The van der Waals surface area contributed by atoms with E-state index in [4.69, 9.17) is 4.74 Å². The van der Waals surface area contributed by atoms with Gasteiger partial charge in [-0.25, -0.2) is 4.79 Å². The SMILES string of the molecule is Cc1cc(C)cc(CN(CCc2ccccc2)Cc2ccc(COC(=O)c3cc(C)cc(C)c3)cc2)c1. The molecule has 0 aromatic heterocycles. The lowest BCUT2D eigenvalue weighted by atomic mass is 10.1. The molecule has 0 radical (unpaired) electrons. The van der Waals surface area contributed by atoms with Crippen molar-refractivity contribution in [1.82, 2.24) is 4.90 Å². The maximum Gasteiger partial charge on any atom is 0.338 e. The van der Waals surface area contributed by atoms with Crippen molar-refractivity contribution in [3.63, 3.8) is 0 Å². The molecule has 0 atom stereocenters. The van der Waals surface area contributed by atoms with Gasteiger partial charge >= 0.3 is 5.97 Å². The fourth-order valence-electron chi connectivity index (χ4n) is 4.89. The van der Waals surface area contributed by atoms with Crippen LogP contribution in [0.15, 0.2) is 91.0 Å². The van der Waals surface area contributed by atoms with E-state index in [1.54, 1.807) is 0 Å². The minimum absolute atomic E-state index is 0.270. The van der Waals surface area contributed by atoms with Gasteiger partial charge in [-0.15, -0.1) is 0 Å². The summed E-state index contributed by atoms with van der Waals surface area (Å²) in [4.78, 5) is 15.0. The highest BCUT2D eigenvalue weighted by Crippen LogP contribution is 2.17. The minimum Gasteiger partial charge on any atom is -0.457 e. The zero-order valence-electron chi connectivity index (χ0n) is 22.5. The molecule has 0 saturated heterocycles. The van der Waals surface area contributed by atoms with Gasteiger partial charge in [0.1, 0.15) is 6.61 Å². The van der Waals surface area contributed by atoms with Crippen LogP contribution < -0.4 is 0 Å². The Hall–Kier alpha value is -3.69. The molecule has 4 aromatic rings. The summed E-state index contributed by atoms with van der Waals surface area (Å²) in [5, 5.41) is 0. The number of carbonyl (C=O) groups excluding carboxylic acids is 1. The summed E-state index contributed by atoms with van der Waals surface area (Å²) in [5.41, 5.74) is 10.3. The Balaban J connectivity index is 1.40. The lowest BCUT2D eigenvalue weighted by Crippen LogP contribution is -2.25. The molecular formula is C34H37NO2. The maximum atomic E-state index is 12.5. The van der Waals surface area contributed by atoms with E-state index in [1.165, 1.54) is 27.8 Å². The summed E-state index contributed by atoms with van der Waals surface area (Å²) in [5.74, 6) is -0.281. The van der Waals surface area contributed by atoms with Crippen LogP contribution in [0.5, 0.6) is 0 Å². The van der Waals surface area contributed by atoms with Gasteiger partial charge in [-0.05, 0) is 68.5 Å². The summed E-state index contributed by atoms with van der Waals surface area (Å²) in [7, 11) is 0. The summed E-state index contributed by atoms with van der Waals surface area (Å²) >= 11 is 0. The van der Waals surface area contributed by atoms with Crippen molar-refractivity contribution in [3.8, 4) is 0 Å². The standard InChI is InChI=1S/C34H37NO2/c1-25-16-26(2)19-32(18-25)23-35(15-14-29-8-6-5-7-9-29)22-30-10-12-31(13-11-30)24-37-34(36)33-20-27(3)17-28(4)21-33/h5-13,16-21H,14-15,22-24H2,1-4H3. The van der Waals surface area contributed by atoms with Crippen molar-refractivity contribution in [2.45, 2.75) is 53.8 Å². The molecule has 0 amide bonds. The fraction of sp³-hybridized carbons (Fsp3) is 0.265. The Labute approximate surface area is 221 Å². The van der Waals surface area contributed by atoms with E-state index in [1.807, 2.05) is 26.0 Å². The highest BCUT2D eigenvalue weighted by Gasteiger charge is 2.11. The first-order chi connectivity index (χ1) is 17.8. The molecule has 3 heteroatoms. The Morgan fingerprint density at radius 2 is 1.16 bits per heavy atom. The third kappa shape index (κ3) is 8.16. The number of ether oxygens (including phenoxy) is 1. The third-order valence-corrected chi connectivity index (χ3v) is 6.50. The molecule has 4 aromatic carbocycles. The van der Waals surface area contributed by atoms with Crippen molar-refractivity contribution < 1.29 is 9.53 Å². The summed E-state index contributed by atoms with van der Waals surface area (Å²) in [6.07, 6.45) is 1.01. The van der Waals surface area contributed by atoms with Gasteiger partial charge in [0, 0.05) is 19.6 Å². The molecule has 190 valence electrons. The first kappa shape index (κ1) is 26.4. The van der Waals surface area contributed by atoms with Gasteiger partial charge in [-0.2, -0.15) is 0 Å². The van der Waals surface area contributed by atoms with E-state index >= 15 is 0 Å². The zero-order chi connectivity index (χ0) is 26.2. The van der Waals surface area contributed by atoms with E-state index in [2.05, 4.69) is 97.6 Å². The van der Waals surface area contributed by atoms with Gasteiger partial charge in [-0.3, -0.25) is 4.90 Å². The number of rotatable bonds is 10. The molecule has 0 fully saturated rings. The molecule has 3 nitrogen and oxygen atoms in total. The van der Waals surface area contributed by atoms with E-state index in [-0.39, 0.29) is 12.6 Å². The van der Waals surface area contributed by atoms with Crippen molar-refractivity contribution >= 4 is 5.97 Å². The van der Waals surface area contributed by atoms with Gasteiger partial charge in [0.15, 0.2) is 0 Å². The van der Waals surface area contributed by atoms with Gasteiger partial charge in [0.2, 0.25) is 0 Å². The molecule has 0 heterocycles. The van der Waals surface area contributed by atoms with Crippen LogP contribution >= 0.6 is 0 Å². The van der Waals surface area contributed by atoms with Crippen molar-refractivity contribution in [1.29, 1.82) is 0 Å². The maximum absolute atomic E-state index is 12.5. The first-order valence-electron chi connectivity index (χ1n) is 13.0. The highest BCUT2D eigenvalue weighted by atomic mass is 16.5. The predicted molar refractivity (Wildman–Crippen MR) is 152 cm³/mol. The number of carbonyl (C=O) groups is 1. The van der Waals surface area contributed by atoms with Crippen LogP contribution in [-0.4, -0.2) is 17.4 Å². The molecule has 0 aliphatic rings. The van der Waals surface area contributed by atoms with Crippen LogP contribution in [0.25, 0.3) is 0 Å². The number of hydrogen-bond acceptors (Lipinski definition) is 3. The highest BCUT2D eigenvalue weighted by molar-refractivity contribution is 5.89. The smallest absolute Gasteiger partial charge is 0.338 e. The Morgan fingerprint density at radius 1 is 0.622 bits per heavy atom.